The zero-order valence-corrected chi connectivity index (χ0v) is 12.8. The molecule has 0 unspecified atom stereocenters. The number of nitrogens with one attached hydrogen (secondary N) is 2. The van der Waals surface area contributed by atoms with Crippen molar-refractivity contribution in [2.75, 3.05) is 16.9 Å². The molecular formula is C15H15N3O3S. The van der Waals surface area contributed by atoms with Crippen LogP contribution in [0.1, 0.15) is 23.3 Å². The minimum absolute atomic E-state index is 0.0534. The summed E-state index contributed by atoms with van der Waals surface area (Å²) in [6.07, 6.45) is 4.96. The van der Waals surface area contributed by atoms with Gasteiger partial charge in [0.2, 0.25) is 5.91 Å². The van der Waals surface area contributed by atoms with E-state index in [9.17, 15) is 9.59 Å². The molecule has 2 aromatic rings. The summed E-state index contributed by atoms with van der Waals surface area (Å²) in [5.41, 5.74) is 0.841. The first-order valence-corrected chi connectivity index (χ1v) is 8.10. The lowest BCUT2D eigenvalue weighted by atomic mass is 10.3. The standard InChI is InChI=1S/C15H15N3O3S/c1-22-12-5-3-2-4-10(12)16-14(20)11-8-21-15(17-11)18-13(19)9-6-7-9/h2-5,8-9H,6-7H2,1H3,(H,16,20)(H,17,18,19). The third-order valence-corrected chi connectivity index (χ3v) is 4.07. The topological polar surface area (TPSA) is 84.2 Å². The maximum Gasteiger partial charge on any atom is 0.302 e. The van der Waals surface area contributed by atoms with Gasteiger partial charge in [-0.3, -0.25) is 14.9 Å². The number of nitrogens with zero attached hydrogens (tertiary/aromatic N) is 1. The fourth-order valence-corrected chi connectivity index (χ4v) is 2.48. The number of anilines is 2. The van der Waals surface area contributed by atoms with E-state index in [1.54, 1.807) is 11.8 Å². The van der Waals surface area contributed by atoms with Gasteiger partial charge in [0.15, 0.2) is 5.69 Å². The highest BCUT2D eigenvalue weighted by atomic mass is 32.2. The lowest BCUT2D eigenvalue weighted by Crippen LogP contribution is -2.15. The van der Waals surface area contributed by atoms with Gasteiger partial charge in [0.1, 0.15) is 6.26 Å². The molecule has 1 saturated carbocycles. The fraction of sp³-hybridized carbons (Fsp3) is 0.267. The molecule has 6 nitrogen and oxygen atoms in total. The van der Waals surface area contributed by atoms with Crippen molar-refractivity contribution < 1.29 is 14.0 Å². The van der Waals surface area contributed by atoms with Crippen molar-refractivity contribution in [2.24, 2.45) is 5.92 Å². The van der Waals surface area contributed by atoms with Crippen LogP contribution in [0.15, 0.2) is 39.8 Å². The van der Waals surface area contributed by atoms with Crippen LogP contribution in [0.4, 0.5) is 11.7 Å². The Bertz CT molecular complexity index is 710. The van der Waals surface area contributed by atoms with Crippen LogP contribution >= 0.6 is 11.8 Å². The number of rotatable bonds is 5. The van der Waals surface area contributed by atoms with Gasteiger partial charge in [-0.1, -0.05) is 12.1 Å². The van der Waals surface area contributed by atoms with Gasteiger partial charge in [-0.25, -0.2) is 0 Å². The van der Waals surface area contributed by atoms with Crippen LogP contribution in [0, 0.1) is 5.92 Å². The SMILES string of the molecule is CSc1ccccc1NC(=O)c1coc(NC(=O)C2CC2)n1. The summed E-state index contributed by atoms with van der Waals surface area (Å²) in [6, 6.07) is 7.55. The Labute approximate surface area is 131 Å². The lowest BCUT2D eigenvalue weighted by Gasteiger charge is -2.07. The van der Waals surface area contributed by atoms with E-state index >= 15 is 0 Å². The second-order valence-corrected chi connectivity index (χ2v) is 5.80. The van der Waals surface area contributed by atoms with Gasteiger partial charge in [-0.05, 0) is 31.2 Å². The number of thioether (sulfide) groups is 1. The second-order valence-electron chi connectivity index (χ2n) is 4.96. The Balaban J connectivity index is 1.67. The second kappa shape index (κ2) is 6.23. The first-order chi connectivity index (χ1) is 10.7. The number of benzene rings is 1. The first kappa shape index (κ1) is 14.6. The summed E-state index contributed by atoms with van der Waals surface area (Å²) in [5, 5.41) is 5.35. The van der Waals surface area contributed by atoms with Gasteiger partial charge in [0.05, 0.1) is 5.69 Å². The largest absolute Gasteiger partial charge is 0.431 e. The Morgan fingerprint density at radius 1 is 1.27 bits per heavy atom. The molecule has 1 fully saturated rings. The summed E-state index contributed by atoms with van der Waals surface area (Å²) in [5.74, 6) is -0.434. The Morgan fingerprint density at radius 2 is 2.05 bits per heavy atom. The molecule has 1 aromatic carbocycles. The smallest absolute Gasteiger partial charge is 0.302 e. The molecular weight excluding hydrogens is 302 g/mol. The molecule has 7 heteroatoms. The van der Waals surface area contributed by atoms with Crippen molar-refractivity contribution in [3.8, 4) is 0 Å². The molecule has 2 amide bonds. The van der Waals surface area contributed by atoms with E-state index in [0.29, 0.717) is 5.69 Å². The van der Waals surface area contributed by atoms with Crippen LogP contribution in [0.3, 0.4) is 0 Å². The predicted molar refractivity (Wildman–Crippen MR) is 84.0 cm³/mol. The summed E-state index contributed by atoms with van der Waals surface area (Å²) in [7, 11) is 0. The van der Waals surface area contributed by atoms with Crippen LogP contribution in [0.5, 0.6) is 0 Å². The molecule has 0 aliphatic heterocycles. The summed E-state index contributed by atoms with van der Waals surface area (Å²) < 4.78 is 5.12. The molecule has 2 N–H and O–H groups in total. The van der Waals surface area contributed by atoms with Gasteiger partial charge in [-0.15, -0.1) is 11.8 Å². The van der Waals surface area contributed by atoms with E-state index < -0.39 is 0 Å². The zero-order valence-electron chi connectivity index (χ0n) is 12.0. The molecule has 22 heavy (non-hydrogen) atoms. The third kappa shape index (κ3) is 3.30. The highest BCUT2D eigenvalue weighted by Crippen LogP contribution is 2.30. The van der Waals surface area contributed by atoms with Crippen molar-refractivity contribution in [1.82, 2.24) is 4.98 Å². The molecule has 1 heterocycles. The number of oxazole rings is 1. The number of para-hydroxylation sites is 1. The molecule has 1 aliphatic carbocycles. The Kier molecular flexibility index (Phi) is 4.15. The molecule has 0 saturated heterocycles. The Hall–Kier alpha value is -2.28. The number of carbonyl (C=O) groups excluding carboxylic acids is 2. The fourth-order valence-electron chi connectivity index (χ4n) is 1.92. The maximum atomic E-state index is 12.2. The molecule has 0 radical (unpaired) electrons. The highest BCUT2D eigenvalue weighted by Gasteiger charge is 2.30. The van der Waals surface area contributed by atoms with Crippen molar-refractivity contribution >= 4 is 35.3 Å². The molecule has 0 atom stereocenters. The van der Waals surface area contributed by atoms with Crippen LogP contribution < -0.4 is 10.6 Å². The number of amides is 2. The Morgan fingerprint density at radius 3 is 2.77 bits per heavy atom. The zero-order chi connectivity index (χ0) is 15.5. The predicted octanol–water partition coefficient (Wildman–Crippen LogP) is 3.00. The quantitative estimate of drug-likeness (QED) is 0.828. The normalized spacial score (nSPS) is 13.7. The van der Waals surface area contributed by atoms with Crippen LogP contribution in [-0.2, 0) is 4.79 Å². The van der Waals surface area contributed by atoms with E-state index in [0.717, 1.165) is 17.7 Å². The van der Waals surface area contributed by atoms with Gasteiger partial charge in [0, 0.05) is 10.8 Å². The van der Waals surface area contributed by atoms with Crippen molar-refractivity contribution in [3.63, 3.8) is 0 Å². The van der Waals surface area contributed by atoms with Gasteiger partial charge >= 0.3 is 6.01 Å². The number of carbonyl (C=O) groups is 2. The van der Waals surface area contributed by atoms with E-state index in [1.807, 2.05) is 30.5 Å². The molecule has 3 rings (SSSR count). The highest BCUT2D eigenvalue weighted by molar-refractivity contribution is 7.98. The van der Waals surface area contributed by atoms with E-state index in [2.05, 4.69) is 15.6 Å². The third-order valence-electron chi connectivity index (χ3n) is 3.27. The average molecular weight is 317 g/mol. The van der Waals surface area contributed by atoms with E-state index in [4.69, 9.17) is 4.42 Å². The van der Waals surface area contributed by atoms with E-state index in [1.165, 1.54) is 6.26 Å². The summed E-state index contributed by atoms with van der Waals surface area (Å²) in [6.45, 7) is 0. The van der Waals surface area contributed by atoms with Crippen LogP contribution in [0.25, 0.3) is 0 Å². The minimum atomic E-state index is -0.378. The monoisotopic (exact) mass is 317 g/mol. The number of aromatic nitrogens is 1. The van der Waals surface area contributed by atoms with E-state index in [-0.39, 0.29) is 29.4 Å². The van der Waals surface area contributed by atoms with Crippen LogP contribution in [0.2, 0.25) is 0 Å². The molecule has 114 valence electrons. The van der Waals surface area contributed by atoms with Gasteiger partial charge in [0.25, 0.3) is 5.91 Å². The number of hydrogen-bond donors (Lipinski definition) is 2. The average Bonchev–Trinajstić information content (AvgIpc) is 3.28. The van der Waals surface area contributed by atoms with Crippen LogP contribution in [-0.4, -0.2) is 23.1 Å². The number of hydrogen-bond acceptors (Lipinski definition) is 5. The van der Waals surface area contributed by atoms with Gasteiger partial charge in [-0.2, -0.15) is 4.98 Å². The van der Waals surface area contributed by atoms with Crippen molar-refractivity contribution in [3.05, 3.63) is 36.2 Å². The van der Waals surface area contributed by atoms with Gasteiger partial charge < -0.3 is 9.73 Å². The molecule has 1 aromatic heterocycles. The van der Waals surface area contributed by atoms with Crippen molar-refractivity contribution in [1.29, 1.82) is 0 Å². The maximum absolute atomic E-state index is 12.2. The molecule has 0 spiro atoms. The molecule has 1 aliphatic rings. The first-order valence-electron chi connectivity index (χ1n) is 6.88. The lowest BCUT2D eigenvalue weighted by molar-refractivity contribution is -0.117. The summed E-state index contributed by atoms with van der Waals surface area (Å²) in [4.78, 5) is 28.7. The summed E-state index contributed by atoms with van der Waals surface area (Å²) >= 11 is 1.54. The minimum Gasteiger partial charge on any atom is -0.431 e. The molecule has 0 bridgehead atoms. The van der Waals surface area contributed by atoms with Crippen molar-refractivity contribution in [2.45, 2.75) is 17.7 Å².